The Bertz CT molecular complexity index is 523. The Morgan fingerprint density at radius 1 is 1.26 bits per heavy atom. The van der Waals surface area contributed by atoms with E-state index in [1.54, 1.807) is 6.92 Å². The van der Waals surface area contributed by atoms with Gasteiger partial charge in [-0.25, -0.2) is 4.79 Å². The maximum atomic E-state index is 12.5. The van der Waals surface area contributed by atoms with Gasteiger partial charge in [0.05, 0.1) is 0 Å². The molecule has 0 aromatic rings. The van der Waals surface area contributed by atoms with Crippen LogP contribution in [-0.2, 0) is 14.3 Å². The average molecular weight is 384 g/mol. The van der Waals surface area contributed by atoms with Crippen LogP contribution in [0.2, 0.25) is 0 Å². The molecule has 1 aliphatic carbocycles. The summed E-state index contributed by atoms with van der Waals surface area (Å²) in [5, 5.41) is 5.90. The van der Waals surface area contributed by atoms with Gasteiger partial charge < -0.3 is 21.1 Å². The predicted octanol–water partition coefficient (Wildman–Crippen LogP) is 2.52. The maximum absolute atomic E-state index is 12.5. The van der Waals surface area contributed by atoms with E-state index in [1.165, 1.54) is 0 Å². The number of esters is 1. The van der Waals surface area contributed by atoms with Gasteiger partial charge in [0, 0.05) is 12.6 Å². The van der Waals surface area contributed by atoms with E-state index in [0.29, 0.717) is 25.7 Å². The van der Waals surface area contributed by atoms with Crippen LogP contribution in [0.1, 0.15) is 73.1 Å². The Balaban J connectivity index is 2.80. The normalized spacial score (nSPS) is 26.5. The molecule has 4 atom stereocenters. The van der Waals surface area contributed by atoms with E-state index in [4.69, 9.17) is 10.5 Å². The Morgan fingerprint density at radius 2 is 1.93 bits per heavy atom. The van der Waals surface area contributed by atoms with E-state index in [9.17, 15) is 14.4 Å². The van der Waals surface area contributed by atoms with Gasteiger partial charge in [-0.05, 0) is 42.9 Å². The summed E-state index contributed by atoms with van der Waals surface area (Å²) in [4.78, 5) is 35.6. The van der Waals surface area contributed by atoms with Gasteiger partial charge in [-0.1, -0.05) is 41.0 Å². The smallest absolute Gasteiger partial charge is 0.324 e. The zero-order valence-electron chi connectivity index (χ0n) is 17.5. The third-order valence-corrected chi connectivity index (χ3v) is 5.37. The van der Waals surface area contributed by atoms with Gasteiger partial charge in [-0.3, -0.25) is 9.59 Å². The summed E-state index contributed by atoms with van der Waals surface area (Å²) in [7, 11) is 0. The van der Waals surface area contributed by atoms with Crippen molar-refractivity contribution in [3.05, 3.63) is 0 Å². The molecule has 0 radical (unpaired) electrons. The molecule has 0 aliphatic heterocycles. The standard InChI is InChI=1S/C20H37N3O4/c1-6-8-9-22-18(26)23-14-10-19(3,4)13-20(5,11-14)16(21)17(25)27-15(7-2)12-24/h12,14-16H,6-11,13,21H2,1-5H3,(H2,22,23,26). The topological polar surface area (TPSA) is 111 Å². The van der Waals surface area contributed by atoms with Crippen molar-refractivity contribution >= 4 is 18.3 Å². The fourth-order valence-electron chi connectivity index (χ4n) is 4.21. The summed E-state index contributed by atoms with van der Waals surface area (Å²) < 4.78 is 5.25. The molecule has 0 saturated heterocycles. The molecule has 2 amide bonds. The Hall–Kier alpha value is -1.63. The number of carbonyl (C=O) groups is 3. The van der Waals surface area contributed by atoms with Crippen LogP contribution in [0.3, 0.4) is 0 Å². The number of rotatable bonds is 9. The number of hydrogen-bond donors (Lipinski definition) is 3. The number of aldehydes is 1. The number of amides is 2. The second kappa shape index (κ2) is 10.1. The first-order valence-electron chi connectivity index (χ1n) is 10.0. The molecule has 1 rings (SSSR count). The van der Waals surface area contributed by atoms with E-state index in [-0.39, 0.29) is 17.5 Å². The summed E-state index contributed by atoms with van der Waals surface area (Å²) >= 11 is 0. The Labute approximate surface area is 163 Å². The monoisotopic (exact) mass is 383 g/mol. The lowest BCUT2D eigenvalue weighted by Gasteiger charge is -2.48. The van der Waals surface area contributed by atoms with Crippen LogP contribution in [0, 0.1) is 10.8 Å². The van der Waals surface area contributed by atoms with Crippen molar-refractivity contribution in [3.8, 4) is 0 Å². The number of ether oxygens (including phenoxy) is 1. The summed E-state index contributed by atoms with van der Waals surface area (Å²) in [5.41, 5.74) is 5.67. The van der Waals surface area contributed by atoms with Crippen molar-refractivity contribution in [3.63, 3.8) is 0 Å². The van der Waals surface area contributed by atoms with Crippen molar-refractivity contribution < 1.29 is 19.1 Å². The second-order valence-corrected chi connectivity index (χ2v) is 8.85. The molecule has 1 aliphatic rings. The minimum atomic E-state index is -0.849. The summed E-state index contributed by atoms with van der Waals surface area (Å²) in [6, 6.07) is -1.11. The molecule has 27 heavy (non-hydrogen) atoms. The zero-order valence-corrected chi connectivity index (χ0v) is 17.5. The molecule has 0 spiro atoms. The minimum absolute atomic E-state index is 0.0766. The van der Waals surface area contributed by atoms with Crippen molar-refractivity contribution in [2.75, 3.05) is 6.54 Å². The lowest BCUT2D eigenvalue weighted by molar-refractivity contribution is -0.157. The fraction of sp³-hybridized carbons (Fsp3) is 0.850. The first-order valence-corrected chi connectivity index (χ1v) is 10.0. The van der Waals surface area contributed by atoms with Gasteiger partial charge in [0.1, 0.15) is 6.04 Å². The zero-order chi connectivity index (χ0) is 20.7. The van der Waals surface area contributed by atoms with Crippen LogP contribution in [0.5, 0.6) is 0 Å². The van der Waals surface area contributed by atoms with Crippen LogP contribution in [0.4, 0.5) is 4.79 Å². The van der Waals surface area contributed by atoms with Crippen molar-refractivity contribution in [1.29, 1.82) is 0 Å². The highest BCUT2D eigenvalue weighted by atomic mass is 16.5. The average Bonchev–Trinajstić information content (AvgIpc) is 2.57. The quantitative estimate of drug-likeness (QED) is 0.322. The van der Waals surface area contributed by atoms with E-state index < -0.39 is 23.5 Å². The van der Waals surface area contributed by atoms with Crippen molar-refractivity contribution in [2.45, 2.75) is 91.3 Å². The Kier molecular flexibility index (Phi) is 8.72. The summed E-state index contributed by atoms with van der Waals surface area (Å²) in [6.45, 7) is 10.7. The van der Waals surface area contributed by atoms with E-state index in [2.05, 4.69) is 31.4 Å². The van der Waals surface area contributed by atoms with Crippen LogP contribution in [0.15, 0.2) is 0 Å². The third kappa shape index (κ3) is 7.13. The molecule has 1 fully saturated rings. The van der Waals surface area contributed by atoms with Crippen molar-refractivity contribution in [2.24, 2.45) is 16.6 Å². The van der Waals surface area contributed by atoms with Gasteiger partial charge in [0.15, 0.2) is 12.4 Å². The molecule has 0 aromatic heterocycles. The van der Waals surface area contributed by atoms with Gasteiger partial charge in [-0.15, -0.1) is 0 Å². The largest absolute Gasteiger partial charge is 0.454 e. The lowest BCUT2D eigenvalue weighted by Crippen LogP contribution is -2.57. The van der Waals surface area contributed by atoms with E-state index in [1.807, 2.05) is 6.92 Å². The molecule has 1 saturated carbocycles. The van der Waals surface area contributed by atoms with Crippen LogP contribution in [0.25, 0.3) is 0 Å². The molecule has 156 valence electrons. The highest BCUT2D eigenvalue weighted by molar-refractivity contribution is 5.79. The number of nitrogens with one attached hydrogen (secondary N) is 2. The predicted molar refractivity (Wildman–Crippen MR) is 105 cm³/mol. The highest BCUT2D eigenvalue weighted by Gasteiger charge is 2.48. The van der Waals surface area contributed by atoms with Crippen LogP contribution >= 0.6 is 0 Å². The van der Waals surface area contributed by atoms with Crippen molar-refractivity contribution in [1.82, 2.24) is 10.6 Å². The Morgan fingerprint density at radius 3 is 2.48 bits per heavy atom. The van der Waals surface area contributed by atoms with E-state index in [0.717, 1.165) is 25.7 Å². The first-order chi connectivity index (χ1) is 12.6. The maximum Gasteiger partial charge on any atom is 0.324 e. The number of carbonyl (C=O) groups excluding carboxylic acids is 3. The highest BCUT2D eigenvalue weighted by Crippen LogP contribution is 2.47. The molecule has 0 aromatic carbocycles. The fourth-order valence-corrected chi connectivity index (χ4v) is 4.21. The minimum Gasteiger partial charge on any atom is -0.454 e. The molecule has 0 heterocycles. The van der Waals surface area contributed by atoms with E-state index >= 15 is 0 Å². The molecule has 0 bridgehead atoms. The molecule has 4 N–H and O–H groups in total. The molecular weight excluding hydrogens is 346 g/mol. The summed E-state index contributed by atoms with van der Waals surface area (Å²) in [6.07, 6.45) is 4.39. The third-order valence-electron chi connectivity index (χ3n) is 5.37. The summed E-state index contributed by atoms with van der Waals surface area (Å²) in [5.74, 6) is -0.555. The van der Waals surface area contributed by atoms with Crippen LogP contribution in [-0.4, -0.2) is 43.0 Å². The molecular formula is C20H37N3O4. The molecule has 4 unspecified atom stereocenters. The van der Waals surface area contributed by atoms with Gasteiger partial charge in [0.2, 0.25) is 0 Å². The number of hydrogen-bond acceptors (Lipinski definition) is 5. The number of urea groups is 1. The molecule has 7 nitrogen and oxygen atoms in total. The van der Waals surface area contributed by atoms with Gasteiger partial charge in [-0.2, -0.15) is 0 Å². The van der Waals surface area contributed by atoms with Gasteiger partial charge in [0.25, 0.3) is 0 Å². The number of unbranched alkanes of at least 4 members (excludes halogenated alkanes) is 1. The first kappa shape index (κ1) is 23.4. The lowest BCUT2D eigenvalue weighted by atomic mass is 9.60. The van der Waals surface area contributed by atoms with Gasteiger partial charge >= 0.3 is 12.0 Å². The molecule has 7 heteroatoms. The number of nitrogens with two attached hydrogens (primary N) is 1. The second-order valence-electron chi connectivity index (χ2n) is 8.85. The SMILES string of the molecule is CCCCNC(=O)NC1CC(C)(C)CC(C)(C(N)C(=O)OC(C=O)CC)C1. The van der Waals surface area contributed by atoms with Crippen LogP contribution < -0.4 is 16.4 Å².